The first-order chi connectivity index (χ1) is 7.86. The van der Waals surface area contributed by atoms with Crippen molar-refractivity contribution < 1.29 is 4.42 Å². The summed E-state index contributed by atoms with van der Waals surface area (Å²) in [5, 5.41) is 0. The summed E-state index contributed by atoms with van der Waals surface area (Å²) < 4.78 is 5.42. The summed E-state index contributed by atoms with van der Waals surface area (Å²) in [7, 11) is 0. The Hall–Kier alpha value is -1.58. The normalized spacial score (nSPS) is 12.6. The van der Waals surface area contributed by atoms with Crippen molar-refractivity contribution in [2.24, 2.45) is 5.84 Å². The van der Waals surface area contributed by atoms with Crippen molar-refractivity contribution in [2.75, 3.05) is 0 Å². The summed E-state index contributed by atoms with van der Waals surface area (Å²) in [5.74, 6) is 6.61. The minimum Gasteiger partial charge on any atom is -0.469 e. The third kappa shape index (κ3) is 2.01. The first-order valence-electron chi connectivity index (χ1n) is 5.44. The van der Waals surface area contributed by atoms with E-state index in [-0.39, 0.29) is 6.04 Å². The highest BCUT2D eigenvalue weighted by Gasteiger charge is 2.17. The first-order valence-corrected chi connectivity index (χ1v) is 5.44. The fourth-order valence-electron chi connectivity index (χ4n) is 1.91. The van der Waals surface area contributed by atoms with E-state index in [2.05, 4.69) is 24.5 Å². The molecule has 0 saturated heterocycles. The molecule has 0 fully saturated rings. The average Bonchev–Trinajstić information content (AvgIpc) is 2.80. The van der Waals surface area contributed by atoms with E-state index in [9.17, 15) is 0 Å². The number of nitrogens with one attached hydrogen (secondary N) is 1. The van der Waals surface area contributed by atoms with Crippen molar-refractivity contribution in [1.82, 2.24) is 5.43 Å². The Labute approximate surface area is 95.2 Å². The van der Waals surface area contributed by atoms with Crippen molar-refractivity contribution in [3.8, 4) is 0 Å². The van der Waals surface area contributed by atoms with E-state index in [0.29, 0.717) is 0 Å². The lowest BCUT2D eigenvalue weighted by atomic mass is 9.99. The van der Waals surface area contributed by atoms with E-state index in [0.717, 1.165) is 23.3 Å². The van der Waals surface area contributed by atoms with Crippen molar-refractivity contribution in [2.45, 2.75) is 19.4 Å². The fraction of sp³-hybridized carbons (Fsp3) is 0.231. The van der Waals surface area contributed by atoms with Gasteiger partial charge in [-0.15, -0.1) is 0 Å². The van der Waals surface area contributed by atoms with E-state index >= 15 is 0 Å². The molecule has 3 heteroatoms. The molecule has 0 saturated carbocycles. The molecule has 0 amide bonds. The zero-order chi connectivity index (χ0) is 11.4. The number of furan rings is 1. The molecular formula is C13H16N2O. The van der Waals surface area contributed by atoms with Crippen molar-refractivity contribution >= 4 is 0 Å². The Morgan fingerprint density at radius 3 is 2.62 bits per heavy atom. The van der Waals surface area contributed by atoms with Crippen LogP contribution in [0.4, 0.5) is 0 Å². The van der Waals surface area contributed by atoms with E-state index in [4.69, 9.17) is 10.3 Å². The van der Waals surface area contributed by atoms with E-state index in [1.165, 1.54) is 0 Å². The summed E-state index contributed by atoms with van der Waals surface area (Å²) in [6.45, 7) is 2.07. The molecule has 2 rings (SSSR count). The molecule has 0 spiro atoms. The summed E-state index contributed by atoms with van der Waals surface area (Å²) in [6.07, 6.45) is 2.58. The molecule has 1 unspecified atom stereocenters. The molecule has 2 aromatic rings. The summed E-state index contributed by atoms with van der Waals surface area (Å²) in [4.78, 5) is 0. The number of hydrogen-bond donors (Lipinski definition) is 2. The molecule has 84 valence electrons. The summed E-state index contributed by atoms with van der Waals surface area (Å²) >= 11 is 0. The summed E-state index contributed by atoms with van der Waals surface area (Å²) in [6, 6.07) is 12.1. The molecule has 0 bridgehead atoms. The van der Waals surface area contributed by atoms with E-state index < -0.39 is 0 Å². The Kier molecular flexibility index (Phi) is 3.39. The lowest BCUT2D eigenvalue weighted by Gasteiger charge is -2.16. The maximum atomic E-state index is 5.63. The van der Waals surface area contributed by atoms with Crippen LogP contribution in [0.1, 0.15) is 29.9 Å². The van der Waals surface area contributed by atoms with Gasteiger partial charge in [-0.1, -0.05) is 37.3 Å². The van der Waals surface area contributed by atoms with Crippen LogP contribution < -0.4 is 11.3 Å². The van der Waals surface area contributed by atoms with Gasteiger partial charge in [0.25, 0.3) is 0 Å². The summed E-state index contributed by atoms with van der Waals surface area (Å²) in [5.41, 5.74) is 5.08. The molecule has 1 heterocycles. The van der Waals surface area contributed by atoms with Gasteiger partial charge in [-0.2, -0.15) is 0 Å². The van der Waals surface area contributed by atoms with Gasteiger partial charge in [-0.05, 0) is 11.6 Å². The smallest absolute Gasteiger partial charge is 0.108 e. The highest BCUT2D eigenvalue weighted by molar-refractivity contribution is 5.32. The number of hydrazine groups is 1. The van der Waals surface area contributed by atoms with Gasteiger partial charge in [0.2, 0.25) is 0 Å². The van der Waals surface area contributed by atoms with Crippen LogP contribution in [-0.2, 0) is 6.42 Å². The zero-order valence-corrected chi connectivity index (χ0v) is 9.31. The second kappa shape index (κ2) is 4.96. The largest absolute Gasteiger partial charge is 0.469 e. The zero-order valence-electron chi connectivity index (χ0n) is 9.31. The molecule has 3 nitrogen and oxygen atoms in total. The van der Waals surface area contributed by atoms with Gasteiger partial charge in [0, 0.05) is 12.0 Å². The Morgan fingerprint density at radius 2 is 2.00 bits per heavy atom. The standard InChI is InChI=1S/C13H16N2O/c1-2-12-11(8-9-16-12)13(15-14)10-6-4-3-5-7-10/h3-9,13,15H,2,14H2,1H3. The number of hydrogen-bond acceptors (Lipinski definition) is 3. The molecule has 3 N–H and O–H groups in total. The average molecular weight is 216 g/mol. The molecule has 1 atom stereocenters. The second-order valence-electron chi connectivity index (χ2n) is 3.66. The first kappa shape index (κ1) is 10.9. The SMILES string of the molecule is CCc1occc1C(NN)c1ccccc1. The third-order valence-corrected chi connectivity index (χ3v) is 2.71. The maximum absolute atomic E-state index is 5.63. The third-order valence-electron chi connectivity index (χ3n) is 2.71. The van der Waals surface area contributed by atoms with Crippen LogP contribution in [0.25, 0.3) is 0 Å². The number of aryl methyl sites for hydroxylation is 1. The van der Waals surface area contributed by atoms with Crippen LogP contribution in [0.5, 0.6) is 0 Å². The lowest BCUT2D eigenvalue weighted by Crippen LogP contribution is -2.29. The highest BCUT2D eigenvalue weighted by Crippen LogP contribution is 2.25. The topological polar surface area (TPSA) is 51.2 Å². The van der Waals surface area contributed by atoms with Gasteiger partial charge in [0.15, 0.2) is 0 Å². The minimum atomic E-state index is -0.00472. The van der Waals surface area contributed by atoms with Gasteiger partial charge >= 0.3 is 0 Å². The second-order valence-corrected chi connectivity index (χ2v) is 3.66. The number of nitrogens with two attached hydrogens (primary N) is 1. The van der Waals surface area contributed by atoms with Crippen LogP contribution in [0.15, 0.2) is 47.1 Å². The molecular weight excluding hydrogens is 200 g/mol. The monoisotopic (exact) mass is 216 g/mol. The van der Waals surface area contributed by atoms with Crippen LogP contribution in [0.2, 0.25) is 0 Å². The van der Waals surface area contributed by atoms with Crippen LogP contribution in [0, 0.1) is 0 Å². The Bertz CT molecular complexity index is 436. The molecule has 16 heavy (non-hydrogen) atoms. The van der Waals surface area contributed by atoms with Crippen molar-refractivity contribution in [1.29, 1.82) is 0 Å². The van der Waals surface area contributed by atoms with Crippen molar-refractivity contribution in [3.05, 3.63) is 59.5 Å². The quantitative estimate of drug-likeness (QED) is 0.609. The molecule has 0 aliphatic carbocycles. The van der Waals surface area contributed by atoms with Gasteiger partial charge in [-0.25, -0.2) is 5.43 Å². The Morgan fingerprint density at radius 1 is 1.25 bits per heavy atom. The van der Waals surface area contributed by atoms with Gasteiger partial charge in [0.1, 0.15) is 5.76 Å². The van der Waals surface area contributed by atoms with E-state index in [1.807, 2.05) is 24.3 Å². The predicted molar refractivity (Wildman–Crippen MR) is 63.7 cm³/mol. The number of rotatable bonds is 4. The lowest BCUT2D eigenvalue weighted by molar-refractivity contribution is 0.502. The van der Waals surface area contributed by atoms with Gasteiger partial charge < -0.3 is 4.42 Å². The molecule has 0 aliphatic heterocycles. The Balaban J connectivity index is 2.37. The van der Waals surface area contributed by atoms with Crippen LogP contribution in [0.3, 0.4) is 0 Å². The van der Waals surface area contributed by atoms with Gasteiger partial charge in [0.05, 0.1) is 12.3 Å². The molecule has 1 aromatic heterocycles. The highest BCUT2D eigenvalue weighted by atomic mass is 16.3. The molecule has 0 aliphatic rings. The minimum absolute atomic E-state index is 0.00472. The van der Waals surface area contributed by atoms with Crippen LogP contribution in [-0.4, -0.2) is 0 Å². The molecule has 1 aromatic carbocycles. The molecule has 0 radical (unpaired) electrons. The van der Waals surface area contributed by atoms with Gasteiger partial charge in [-0.3, -0.25) is 5.84 Å². The maximum Gasteiger partial charge on any atom is 0.108 e. The van der Waals surface area contributed by atoms with Crippen molar-refractivity contribution in [3.63, 3.8) is 0 Å². The van der Waals surface area contributed by atoms with Crippen LogP contribution >= 0.6 is 0 Å². The predicted octanol–water partition coefficient (Wildman–Crippen LogP) is 2.39. The fourth-order valence-corrected chi connectivity index (χ4v) is 1.91. The number of benzene rings is 1. The van der Waals surface area contributed by atoms with E-state index in [1.54, 1.807) is 6.26 Å².